The number of ether oxygens (including phenoxy) is 1. The Morgan fingerprint density at radius 2 is 2.33 bits per heavy atom. The highest BCUT2D eigenvalue weighted by Gasteiger charge is 2.34. The van der Waals surface area contributed by atoms with Crippen LogP contribution in [-0.2, 0) is 9.53 Å². The van der Waals surface area contributed by atoms with Crippen LogP contribution >= 0.6 is 11.8 Å². The molecular formula is C17H23NO2S. The van der Waals surface area contributed by atoms with Gasteiger partial charge in [0.1, 0.15) is 5.76 Å². The fourth-order valence-electron chi connectivity index (χ4n) is 3.55. The molecule has 0 radical (unpaired) electrons. The first-order chi connectivity index (χ1) is 10.2. The maximum absolute atomic E-state index is 11.2. The van der Waals surface area contributed by atoms with Gasteiger partial charge in [-0.25, -0.2) is 0 Å². The molecule has 3 nitrogen and oxygen atoms in total. The number of allylic oxidation sites excluding steroid dienone is 4. The molecule has 1 aliphatic carbocycles. The van der Waals surface area contributed by atoms with Gasteiger partial charge >= 0.3 is 5.97 Å². The molecule has 0 aromatic rings. The molecule has 114 valence electrons. The van der Waals surface area contributed by atoms with Crippen LogP contribution in [0, 0.1) is 0 Å². The van der Waals surface area contributed by atoms with E-state index in [0.717, 1.165) is 12.2 Å². The van der Waals surface area contributed by atoms with Gasteiger partial charge in [-0.2, -0.15) is 0 Å². The number of piperidine rings is 1. The lowest BCUT2D eigenvalue weighted by molar-refractivity contribution is -0.137. The zero-order valence-electron chi connectivity index (χ0n) is 12.9. The summed E-state index contributed by atoms with van der Waals surface area (Å²) in [5.41, 5.74) is 3.02. The van der Waals surface area contributed by atoms with E-state index in [0.29, 0.717) is 6.04 Å². The molecule has 1 saturated heterocycles. The predicted molar refractivity (Wildman–Crippen MR) is 86.9 cm³/mol. The van der Waals surface area contributed by atoms with Crippen LogP contribution in [0.15, 0.2) is 34.0 Å². The van der Waals surface area contributed by atoms with E-state index < -0.39 is 0 Å². The van der Waals surface area contributed by atoms with Gasteiger partial charge in [-0.1, -0.05) is 6.92 Å². The third-order valence-corrected chi connectivity index (χ3v) is 5.55. The Balaban J connectivity index is 1.87. The molecule has 1 unspecified atom stereocenters. The van der Waals surface area contributed by atoms with Crippen molar-refractivity contribution in [3.63, 3.8) is 0 Å². The first kappa shape index (κ1) is 14.9. The number of carbonyl (C=O) groups excluding carboxylic acids is 1. The number of fused-ring (bicyclic) bond motifs is 2. The maximum atomic E-state index is 11.2. The number of nitrogens with zero attached hydrogens (tertiary/aromatic N) is 1. The monoisotopic (exact) mass is 305 g/mol. The molecule has 0 amide bonds. The minimum atomic E-state index is -0.222. The lowest BCUT2D eigenvalue weighted by atomic mass is 9.88. The number of likely N-dealkylation sites (tertiary alicyclic amines) is 1. The van der Waals surface area contributed by atoms with Gasteiger partial charge in [0, 0.05) is 30.0 Å². The highest BCUT2D eigenvalue weighted by molar-refractivity contribution is 8.03. The zero-order valence-corrected chi connectivity index (χ0v) is 13.7. The molecule has 1 atom stereocenters. The molecule has 0 aromatic heterocycles. The average molecular weight is 305 g/mol. The molecule has 0 spiro atoms. The summed E-state index contributed by atoms with van der Waals surface area (Å²) in [6.45, 7) is 6.14. The van der Waals surface area contributed by atoms with E-state index in [4.69, 9.17) is 4.74 Å². The molecule has 1 fully saturated rings. The highest BCUT2D eigenvalue weighted by Crippen LogP contribution is 2.44. The van der Waals surface area contributed by atoms with E-state index in [-0.39, 0.29) is 5.97 Å². The Morgan fingerprint density at radius 3 is 3.10 bits per heavy atom. The van der Waals surface area contributed by atoms with Crippen LogP contribution in [0.2, 0.25) is 0 Å². The Hall–Kier alpha value is -1.00. The summed E-state index contributed by atoms with van der Waals surface area (Å²) in [5, 5.41) is 0. The molecular weight excluding hydrogens is 282 g/mol. The van der Waals surface area contributed by atoms with Crippen LogP contribution in [-0.4, -0.2) is 35.8 Å². The van der Waals surface area contributed by atoms with Crippen LogP contribution in [0.3, 0.4) is 0 Å². The van der Waals surface area contributed by atoms with E-state index in [9.17, 15) is 4.79 Å². The SMILES string of the molecule is CCCN1CCCC2=C3CC(OC(C)=O)=CC=C3SCC21. The molecule has 2 aliphatic heterocycles. The van der Waals surface area contributed by atoms with E-state index >= 15 is 0 Å². The number of hydrogen-bond acceptors (Lipinski definition) is 4. The first-order valence-corrected chi connectivity index (χ1v) is 8.86. The molecule has 2 heterocycles. The number of hydrogen-bond donors (Lipinski definition) is 0. The second kappa shape index (κ2) is 6.41. The topological polar surface area (TPSA) is 29.5 Å². The van der Waals surface area contributed by atoms with Gasteiger partial charge in [0.2, 0.25) is 0 Å². The van der Waals surface area contributed by atoms with Crippen molar-refractivity contribution in [2.75, 3.05) is 18.8 Å². The lowest BCUT2D eigenvalue weighted by Gasteiger charge is -2.42. The number of rotatable bonds is 3. The molecule has 0 saturated carbocycles. The van der Waals surface area contributed by atoms with Gasteiger partial charge in [-0.15, -0.1) is 11.8 Å². The van der Waals surface area contributed by atoms with Crippen LogP contribution < -0.4 is 0 Å². The Kier molecular flexibility index (Phi) is 4.55. The van der Waals surface area contributed by atoms with E-state index in [1.54, 1.807) is 5.57 Å². The van der Waals surface area contributed by atoms with Gasteiger partial charge in [-0.05, 0) is 55.7 Å². The molecule has 3 rings (SSSR count). The van der Waals surface area contributed by atoms with Gasteiger partial charge in [0.15, 0.2) is 0 Å². The summed E-state index contributed by atoms with van der Waals surface area (Å²) in [7, 11) is 0. The van der Waals surface area contributed by atoms with Gasteiger partial charge in [0.05, 0.1) is 0 Å². The molecule has 0 bridgehead atoms. The van der Waals surface area contributed by atoms with Crippen LogP contribution in [0.5, 0.6) is 0 Å². The van der Waals surface area contributed by atoms with E-state index in [1.165, 1.54) is 55.5 Å². The molecule has 0 aromatic carbocycles. The van der Waals surface area contributed by atoms with Crippen molar-refractivity contribution in [3.05, 3.63) is 34.0 Å². The second-order valence-electron chi connectivity index (χ2n) is 5.90. The zero-order chi connectivity index (χ0) is 14.8. The maximum Gasteiger partial charge on any atom is 0.307 e. The molecule has 21 heavy (non-hydrogen) atoms. The van der Waals surface area contributed by atoms with Crippen molar-refractivity contribution < 1.29 is 9.53 Å². The number of thioether (sulfide) groups is 1. The summed E-state index contributed by atoms with van der Waals surface area (Å²) in [5.74, 6) is 1.74. The standard InChI is InChI=1S/C17H23NO2S/c1-3-8-18-9-4-5-14-15-10-13(20-12(2)19)6-7-17(15)21-11-16(14)18/h6-7,16H,3-5,8-11H2,1-2H3. The minimum Gasteiger partial charge on any atom is -0.431 e. The molecule has 4 heteroatoms. The lowest BCUT2D eigenvalue weighted by Crippen LogP contribution is -2.45. The summed E-state index contributed by atoms with van der Waals surface area (Å²) in [4.78, 5) is 15.2. The van der Waals surface area contributed by atoms with Crippen molar-refractivity contribution in [1.82, 2.24) is 4.90 Å². The van der Waals surface area contributed by atoms with Gasteiger partial charge in [0.25, 0.3) is 0 Å². The number of carbonyl (C=O) groups is 1. The van der Waals surface area contributed by atoms with Crippen molar-refractivity contribution in [3.8, 4) is 0 Å². The second-order valence-corrected chi connectivity index (χ2v) is 6.97. The largest absolute Gasteiger partial charge is 0.431 e. The summed E-state index contributed by atoms with van der Waals surface area (Å²) in [6.07, 6.45) is 8.53. The van der Waals surface area contributed by atoms with Crippen molar-refractivity contribution in [1.29, 1.82) is 0 Å². The predicted octanol–water partition coefficient (Wildman–Crippen LogP) is 3.64. The van der Waals surface area contributed by atoms with Gasteiger partial charge in [-0.3, -0.25) is 9.69 Å². The summed E-state index contributed by atoms with van der Waals surface area (Å²) >= 11 is 1.96. The fraction of sp³-hybridized carbons (Fsp3) is 0.588. The van der Waals surface area contributed by atoms with Crippen molar-refractivity contribution in [2.24, 2.45) is 0 Å². The molecule has 0 N–H and O–H groups in total. The Morgan fingerprint density at radius 1 is 1.48 bits per heavy atom. The summed E-state index contributed by atoms with van der Waals surface area (Å²) < 4.78 is 5.31. The minimum absolute atomic E-state index is 0.222. The Labute approximate surface area is 131 Å². The average Bonchev–Trinajstić information content (AvgIpc) is 2.47. The third kappa shape index (κ3) is 3.11. The number of esters is 1. The van der Waals surface area contributed by atoms with E-state index in [2.05, 4.69) is 17.9 Å². The summed E-state index contributed by atoms with van der Waals surface area (Å²) in [6, 6.07) is 0.590. The normalized spacial score (nSPS) is 25.7. The third-order valence-electron chi connectivity index (χ3n) is 4.37. The Bertz CT molecular complexity index is 531. The van der Waals surface area contributed by atoms with Crippen molar-refractivity contribution >= 4 is 17.7 Å². The van der Waals surface area contributed by atoms with Crippen LogP contribution in [0.4, 0.5) is 0 Å². The van der Waals surface area contributed by atoms with Crippen molar-refractivity contribution in [2.45, 2.75) is 45.6 Å². The van der Waals surface area contributed by atoms with Gasteiger partial charge < -0.3 is 4.74 Å². The van der Waals surface area contributed by atoms with Crippen LogP contribution in [0.1, 0.15) is 39.5 Å². The quantitative estimate of drug-likeness (QED) is 0.745. The van der Waals surface area contributed by atoms with E-state index in [1.807, 2.05) is 17.8 Å². The first-order valence-electron chi connectivity index (χ1n) is 7.87. The fourth-order valence-corrected chi connectivity index (χ4v) is 4.84. The smallest absolute Gasteiger partial charge is 0.307 e. The van der Waals surface area contributed by atoms with Crippen LogP contribution in [0.25, 0.3) is 0 Å². The highest BCUT2D eigenvalue weighted by atomic mass is 32.2. The molecule has 3 aliphatic rings.